The van der Waals surface area contributed by atoms with Crippen LogP contribution in [0.1, 0.15) is 24.1 Å². The Morgan fingerprint density at radius 3 is 2.75 bits per heavy atom. The fourth-order valence-electron chi connectivity index (χ4n) is 2.13. The summed E-state index contributed by atoms with van der Waals surface area (Å²) in [4.78, 5) is 4.06. The molecule has 0 aliphatic carbocycles. The quantitative estimate of drug-likeness (QED) is 0.771. The number of nitrogens with zero attached hydrogens (tertiary/aromatic N) is 2. The van der Waals surface area contributed by atoms with Crippen molar-refractivity contribution in [1.82, 2.24) is 14.9 Å². The van der Waals surface area contributed by atoms with E-state index in [9.17, 15) is 0 Å². The highest BCUT2D eigenvalue weighted by molar-refractivity contribution is 5.35. The molecule has 4 nitrogen and oxygen atoms in total. The van der Waals surface area contributed by atoms with Crippen LogP contribution >= 0.6 is 0 Å². The summed E-state index contributed by atoms with van der Waals surface area (Å²) in [5.41, 5.74) is 3.54. The lowest BCUT2D eigenvalue weighted by Crippen LogP contribution is -2.17. The molecule has 4 heteroatoms. The van der Waals surface area contributed by atoms with Gasteiger partial charge in [-0.3, -0.25) is 0 Å². The highest BCUT2D eigenvalue weighted by Gasteiger charge is 2.05. The third-order valence-corrected chi connectivity index (χ3v) is 3.39. The van der Waals surface area contributed by atoms with Gasteiger partial charge in [0, 0.05) is 36.2 Å². The molecule has 0 fully saturated rings. The SMILES string of the molecule is CC(NCc1ccoc1)c1ccc(-n2ccnc2)cc1. The van der Waals surface area contributed by atoms with Gasteiger partial charge in [0.15, 0.2) is 0 Å². The summed E-state index contributed by atoms with van der Waals surface area (Å²) >= 11 is 0. The van der Waals surface area contributed by atoms with Crippen LogP contribution in [0.5, 0.6) is 0 Å². The Labute approximate surface area is 118 Å². The lowest BCUT2D eigenvalue weighted by Gasteiger charge is -2.14. The molecule has 1 atom stereocenters. The van der Waals surface area contributed by atoms with Gasteiger partial charge in [0.25, 0.3) is 0 Å². The van der Waals surface area contributed by atoms with Crippen molar-refractivity contribution in [2.45, 2.75) is 19.5 Å². The average molecular weight is 267 g/mol. The number of furan rings is 1. The highest BCUT2D eigenvalue weighted by Crippen LogP contribution is 2.16. The molecule has 0 radical (unpaired) electrons. The van der Waals surface area contributed by atoms with E-state index in [2.05, 4.69) is 41.5 Å². The molecule has 0 amide bonds. The van der Waals surface area contributed by atoms with Crippen LogP contribution in [-0.2, 0) is 6.54 Å². The second-order valence-corrected chi connectivity index (χ2v) is 4.80. The minimum atomic E-state index is 0.293. The van der Waals surface area contributed by atoms with Crippen molar-refractivity contribution < 1.29 is 4.42 Å². The predicted octanol–water partition coefficient (Wildman–Crippen LogP) is 3.32. The fraction of sp³-hybridized carbons (Fsp3) is 0.188. The Hall–Kier alpha value is -2.33. The van der Waals surface area contributed by atoms with Crippen LogP contribution in [0.2, 0.25) is 0 Å². The van der Waals surface area contributed by atoms with Gasteiger partial charge in [-0.1, -0.05) is 12.1 Å². The van der Waals surface area contributed by atoms with Crippen molar-refractivity contribution in [3.8, 4) is 5.69 Å². The number of hydrogen-bond acceptors (Lipinski definition) is 3. The molecule has 0 aliphatic rings. The van der Waals surface area contributed by atoms with Gasteiger partial charge < -0.3 is 14.3 Å². The Bertz CT molecular complexity index is 627. The van der Waals surface area contributed by atoms with Crippen LogP contribution in [0.4, 0.5) is 0 Å². The molecular formula is C16H17N3O. The van der Waals surface area contributed by atoms with Gasteiger partial charge in [0.1, 0.15) is 0 Å². The van der Waals surface area contributed by atoms with E-state index in [0.29, 0.717) is 6.04 Å². The van der Waals surface area contributed by atoms with Gasteiger partial charge in [0.2, 0.25) is 0 Å². The van der Waals surface area contributed by atoms with E-state index in [4.69, 9.17) is 4.42 Å². The molecule has 3 aromatic rings. The molecule has 2 heterocycles. The summed E-state index contributed by atoms with van der Waals surface area (Å²) in [6.07, 6.45) is 8.98. The molecule has 1 unspecified atom stereocenters. The summed E-state index contributed by atoms with van der Waals surface area (Å²) in [6.45, 7) is 2.97. The number of nitrogens with one attached hydrogen (secondary N) is 1. The van der Waals surface area contributed by atoms with Crippen molar-refractivity contribution >= 4 is 0 Å². The number of hydrogen-bond donors (Lipinski definition) is 1. The van der Waals surface area contributed by atoms with E-state index < -0.39 is 0 Å². The van der Waals surface area contributed by atoms with E-state index in [0.717, 1.165) is 17.8 Å². The zero-order valence-corrected chi connectivity index (χ0v) is 11.4. The molecule has 0 saturated heterocycles. The van der Waals surface area contributed by atoms with Crippen molar-refractivity contribution in [3.05, 3.63) is 72.7 Å². The second-order valence-electron chi connectivity index (χ2n) is 4.80. The first-order valence-electron chi connectivity index (χ1n) is 6.65. The highest BCUT2D eigenvalue weighted by atomic mass is 16.3. The fourth-order valence-corrected chi connectivity index (χ4v) is 2.13. The molecule has 0 spiro atoms. The molecule has 0 saturated carbocycles. The van der Waals surface area contributed by atoms with Crippen molar-refractivity contribution in [2.24, 2.45) is 0 Å². The zero-order chi connectivity index (χ0) is 13.8. The molecule has 20 heavy (non-hydrogen) atoms. The van der Waals surface area contributed by atoms with Gasteiger partial charge in [-0.05, 0) is 30.7 Å². The number of benzene rings is 1. The van der Waals surface area contributed by atoms with Crippen molar-refractivity contribution in [1.29, 1.82) is 0 Å². The Morgan fingerprint density at radius 2 is 2.10 bits per heavy atom. The largest absolute Gasteiger partial charge is 0.472 e. The Morgan fingerprint density at radius 1 is 1.25 bits per heavy atom. The minimum absolute atomic E-state index is 0.293. The maximum atomic E-state index is 5.06. The number of rotatable bonds is 5. The minimum Gasteiger partial charge on any atom is -0.472 e. The summed E-state index contributed by atoms with van der Waals surface area (Å²) in [7, 11) is 0. The average Bonchev–Trinajstić information content (AvgIpc) is 3.18. The van der Waals surface area contributed by atoms with E-state index in [1.54, 1.807) is 25.1 Å². The first-order chi connectivity index (χ1) is 9.83. The van der Waals surface area contributed by atoms with Crippen LogP contribution < -0.4 is 5.32 Å². The lowest BCUT2D eigenvalue weighted by atomic mass is 10.1. The topological polar surface area (TPSA) is 43.0 Å². The first-order valence-corrected chi connectivity index (χ1v) is 6.65. The summed E-state index contributed by atoms with van der Waals surface area (Å²) in [6, 6.07) is 10.8. The van der Waals surface area contributed by atoms with Crippen molar-refractivity contribution in [3.63, 3.8) is 0 Å². The second kappa shape index (κ2) is 5.75. The maximum absolute atomic E-state index is 5.06. The van der Waals surface area contributed by atoms with Gasteiger partial charge in [0.05, 0.1) is 18.9 Å². The van der Waals surface area contributed by atoms with Crippen LogP contribution in [-0.4, -0.2) is 9.55 Å². The van der Waals surface area contributed by atoms with Crippen LogP contribution in [0.3, 0.4) is 0 Å². The predicted molar refractivity (Wildman–Crippen MR) is 77.5 cm³/mol. The van der Waals surface area contributed by atoms with Gasteiger partial charge in [-0.15, -0.1) is 0 Å². The van der Waals surface area contributed by atoms with E-state index >= 15 is 0 Å². The molecule has 2 aromatic heterocycles. The van der Waals surface area contributed by atoms with Gasteiger partial charge in [-0.2, -0.15) is 0 Å². The lowest BCUT2D eigenvalue weighted by molar-refractivity contribution is 0.546. The Kier molecular flexibility index (Phi) is 3.65. The Balaban J connectivity index is 1.65. The standard InChI is InChI=1S/C16H17N3O/c1-13(18-10-14-6-9-20-11-14)15-2-4-16(5-3-15)19-8-7-17-12-19/h2-9,11-13,18H,10H2,1H3. The monoisotopic (exact) mass is 267 g/mol. The normalized spacial score (nSPS) is 12.4. The molecular weight excluding hydrogens is 250 g/mol. The molecule has 1 N–H and O–H groups in total. The summed E-state index contributed by atoms with van der Waals surface area (Å²) < 4.78 is 7.05. The van der Waals surface area contributed by atoms with Crippen molar-refractivity contribution in [2.75, 3.05) is 0 Å². The molecule has 102 valence electrons. The third kappa shape index (κ3) is 2.81. The van der Waals surface area contributed by atoms with Gasteiger partial charge >= 0.3 is 0 Å². The molecule has 0 bridgehead atoms. The van der Waals surface area contributed by atoms with Crippen LogP contribution in [0.25, 0.3) is 5.69 Å². The van der Waals surface area contributed by atoms with Crippen LogP contribution in [0, 0.1) is 0 Å². The number of imidazole rings is 1. The number of aromatic nitrogens is 2. The third-order valence-electron chi connectivity index (χ3n) is 3.39. The molecule has 0 aliphatic heterocycles. The van der Waals surface area contributed by atoms with Crippen LogP contribution in [0.15, 0.2) is 66.0 Å². The van der Waals surface area contributed by atoms with E-state index in [1.807, 2.05) is 16.8 Å². The van der Waals surface area contributed by atoms with E-state index in [1.165, 1.54) is 5.56 Å². The van der Waals surface area contributed by atoms with Gasteiger partial charge in [-0.25, -0.2) is 4.98 Å². The summed E-state index contributed by atoms with van der Waals surface area (Å²) in [5.74, 6) is 0. The summed E-state index contributed by atoms with van der Waals surface area (Å²) in [5, 5.41) is 3.48. The van der Waals surface area contributed by atoms with E-state index in [-0.39, 0.29) is 0 Å². The zero-order valence-electron chi connectivity index (χ0n) is 11.4. The smallest absolute Gasteiger partial charge is 0.0991 e. The maximum Gasteiger partial charge on any atom is 0.0991 e. The molecule has 3 rings (SSSR count). The molecule has 1 aromatic carbocycles. The first kappa shape index (κ1) is 12.7.